The molecular formula is C5H12N6O2. The lowest BCUT2D eigenvalue weighted by Crippen LogP contribution is -2.71. The Morgan fingerprint density at radius 2 is 1.77 bits per heavy atom. The molecule has 0 rings (SSSR count). The summed E-state index contributed by atoms with van der Waals surface area (Å²) in [7, 11) is 0. The second-order valence-electron chi connectivity index (χ2n) is 2.52. The van der Waals surface area contributed by atoms with Crippen molar-refractivity contribution in [3.63, 3.8) is 0 Å². The third-order valence-corrected chi connectivity index (χ3v) is 1.63. The zero-order chi connectivity index (χ0) is 10.8. The van der Waals surface area contributed by atoms with Crippen molar-refractivity contribution < 1.29 is 9.90 Å². The number of carboxylic acid groups (broad SMARTS) is 1. The first-order valence-electron chi connectivity index (χ1n) is 3.20. The summed E-state index contributed by atoms with van der Waals surface area (Å²) in [6.45, 7) is 0. The Morgan fingerprint density at radius 1 is 1.38 bits per heavy atom. The molecule has 2 atom stereocenters. The van der Waals surface area contributed by atoms with E-state index in [1.807, 2.05) is 0 Å². The van der Waals surface area contributed by atoms with Crippen molar-refractivity contribution in [3.8, 4) is 0 Å². The zero-order valence-corrected chi connectivity index (χ0v) is 6.74. The number of nitrogens with two attached hydrogens (primary N) is 4. The van der Waals surface area contributed by atoms with Gasteiger partial charge in [0, 0.05) is 0 Å². The van der Waals surface area contributed by atoms with Gasteiger partial charge in [-0.3, -0.25) is 10.8 Å². The first-order chi connectivity index (χ1) is 5.74. The van der Waals surface area contributed by atoms with Crippen molar-refractivity contribution >= 4 is 17.6 Å². The van der Waals surface area contributed by atoms with E-state index in [9.17, 15) is 4.79 Å². The summed E-state index contributed by atoms with van der Waals surface area (Å²) in [5.41, 5.74) is 18.1. The average Bonchev–Trinajstić information content (AvgIpc) is 2.00. The maximum absolute atomic E-state index is 10.6. The molecule has 0 aromatic carbocycles. The summed E-state index contributed by atoms with van der Waals surface area (Å²) in [6, 6.07) is -1.51. The second-order valence-corrected chi connectivity index (χ2v) is 2.52. The van der Waals surface area contributed by atoms with Crippen LogP contribution < -0.4 is 22.9 Å². The summed E-state index contributed by atoms with van der Waals surface area (Å²) < 4.78 is 0. The van der Waals surface area contributed by atoms with Gasteiger partial charge in [-0.2, -0.15) is 0 Å². The molecule has 8 heteroatoms. The Hall–Kier alpha value is -1.67. The summed E-state index contributed by atoms with van der Waals surface area (Å²) in [5.74, 6) is -3.08. The van der Waals surface area contributed by atoms with Crippen LogP contribution in [0.3, 0.4) is 0 Å². The van der Waals surface area contributed by atoms with Gasteiger partial charge in [-0.25, -0.2) is 4.79 Å². The van der Waals surface area contributed by atoms with E-state index in [-0.39, 0.29) is 0 Å². The van der Waals surface area contributed by atoms with Crippen molar-refractivity contribution in [2.45, 2.75) is 11.6 Å². The standard InChI is InChI=1S/C5H12N6O2/c6-1(2(7)8)5(11,3(9)10)4(12)13/h1H,6,11H2,(H3,7,8)(H3,9,10)(H,12,13). The van der Waals surface area contributed by atoms with Crippen LogP contribution in [0, 0.1) is 10.8 Å². The van der Waals surface area contributed by atoms with E-state index in [0.29, 0.717) is 0 Å². The first kappa shape index (κ1) is 11.3. The maximum atomic E-state index is 10.6. The molecule has 0 aromatic rings. The van der Waals surface area contributed by atoms with Gasteiger partial charge in [0.15, 0.2) is 5.54 Å². The quantitative estimate of drug-likeness (QED) is 0.181. The Bertz CT molecular complexity index is 248. The lowest BCUT2D eigenvalue weighted by Gasteiger charge is -2.28. The van der Waals surface area contributed by atoms with Crippen LogP contribution in [-0.4, -0.2) is 34.3 Å². The third-order valence-electron chi connectivity index (χ3n) is 1.63. The van der Waals surface area contributed by atoms with Crippen LogP contribution in [0.25, 0.3) is 0 Å². The fourth-order valence-electron chi connectivity index (χ4n) is 0.661. The summed E-state index contributed by atoms with van der Waals surface area (Å²) in [4.78, 5) is 10.6. The zero-order valence-electron chi connectivity index (χ0n) is 6.74. The van der Waals surface area contributed by atoms with E-state index in [1.165, 1.54) is 0 Å². The van der Waals surface area contributed by atoms with E-state index in [1.54, 1.807) is 0 Å². The average molecular weight is 188 g/mol. The largest absolute Gasteiger partial charge is 0.479 e. The van der Waals surface area contributed by atoms with Crippen molar-refractivity contribution in [1.82, 2.24) is 0 Å². The molecule has 0 heterocycles. The van der Waals surface area contributed by atoms with Crippen LogP contribution in [0.1, 0.15) is 0 Å². The smallest absolute Gasteiger partial charge is 0.333 e. The normalized spacial score (nSPS) is 17.1. The number of nitrogens with one attached hydrogen (secondary N) is 2. The molecule has 0 saturated heterocycles. The van der Waals surface area contributed by atoms with Gasteiger partial charge in [-0.1, -0.05) is 0 Å². The number of carboxylic acids is 1. The van der Waals surface area contributed by atoms with Crippen molar-refractivity contribution in [3.05, 3.63) is 0 Å². The van der Waals surface area contributed by atoms with Crippen LogP contribution >= 0.6 is 0 Å². The number of carbonyl (C=O) groups is 1. The van der Waals surface area contributed by atoms with E-state index in [0.717, 1.165) is 0 Å². The van der Waals surface area contributed by atoms with Gasteiger partial charge in [-0.05, 0) is 0 Å². The van der Waals surface area contributed by atoms with Crippen LogP contribution in [0.4, 0.5) is 0 Å². The van der Waals surface area contributed by atoms with Crippen LogP contribution in [0.2, 0.25) is 0 Å². The molecule has 0 aliphatic heterocycles. The summed E-state index contributed by atoms with van der Waals surface area (Å²) in [6.07, 6.45) is 0. The number of hydrogen-bond acceptors (Lipinski definition) is 5. The Kier molecular flexibility index (Phi) is 2.94. The van der Waals surface area contributed by atoms with Gasteiger partial charge in [0.05, 0.1) is 6.04 Å². The van der Waals surface area contributed by atoms with Crippen LogP contribution in [0.5, 0.6) is 0 Å². The highest BCUT2D eigenvalue weighted by Gasteiger charge is 2.45. The van der Waals surface area contributed by atoms with Gasteiger partial charge in [-0.15, -0.1) is 0 Å². The van der Waals surface area contributed by atoms with Gasteiger partial charge >= 0.3 is 5.97 Å². The second kappa shape index (κ2) is 3.37. The number of rotatable bonds is 4. The van der Waals surface area contributed by atoms with Gasteiger partial charge in [0.1, 0.15) is 11.7 Å². The molecule has 0 amide bonds. The lowest BCUT2D eigenvalue weighted by molar-refractivity contribution is -0.140. The molecule has 0 aliphatic carbocycles. The molecule has 8 nitrogen and oxygen atoms in total. The minimum atomic E-state index is -2.31. The fraction of sp³-hybridized carbons (Fsp3) is 0.400. The van der Waals surface area contributed by atoms with Crippen molar-refractivity contribution in [2.24, 2.45) is 22.9 Å². The Morgan fingerprint density at radius 3 is 1.85 bits per heavy atom. The molecule has 0 spiro atoms. The molecule has 74 valence electrons. The molecule has 11 N–H and O–H groups in total. The topological polar surface area (TPSA) is 189 Å². The number of aliphatic carboxylic acids is 1. The van der Waals surface area contributed by atoms with Crippen LogP contribution in [-0.2, 0) is 4.79 Å². The molecule has 0 fully saturated rings. The highest BCUT2D eigenvalue weighted by Crippen LogP contribution is 2.05. The minimum Gasteiger partial charge on any atom is -0.479 e. The Balaban J connectivity index is 5.13. The molecule has 0 aliphatic rings. The van der Waals surface area contributed by atoms with E-state index in [2.05, 4.69) is 0 Å². The number of amidine groups is 2. The molecule has 0 saturated carbocycles. The predicted octanol–water partition coefficient (Wildman–Crippen LogP) is -3.03. The summed E-state index contributed by atoms with van der Waals surface area (Å²) in [5, 5.41) is 22.5. The third kappa shape index (κ3) is 1.73. The monoisotopic (exact) mass is 188 g/mol. The van der Waals surface area contributed by atoms with Crippen molar-refractivity contribution in [2.75, 3.05) is 0 Å². The lowest BCUT2D eigenvalue weighted by atomic mass is 9.90. The molecular weight excluding hydrogens is 176 g/mol. The number of hydrogen-bond donors (Lipinski definition) is 7. The van der Waals surface area contributed by atoms with Gasteiger partial charge in [0.25, 0.3) is 0 Å². The van der Waals surface area contributed by atoms with Crippen LogP contribution in [0.15, 0.2) is 0 Å². The molecule has 2 unspecified atom stereocenters. The fourth-order valence-corrected chi connectivity index (χ4v) is 0.661. The SMILES string of the molecule is N=C(N)C(N)C(N)(C(=N)N)C(=O)O. The maximum Gasteiger partial charge on any atom is 0.333 e. The predicted molar refractivity (Wildman–Crippen MR) is 46.4 cm³/mol. The minimum absolute atomic E-state index is 0.639. The molecule has 13 heavy (non-hydrogen) atoms. The summed E-state index contributed by atoms with van der Waals surface area (Å²) >= 11 is 0. The Labute approximate surface area is 73.9 Å². The molecule has 0 bridgehead atoms. The van der Waals surface area contributed by atoms with E-state index < -0.39 is 29.2 Å². The highest BCUT2D eigenvalue weighted by atomic mass is 16.4. The highest BCUT2D eigenvalue weighted by molar-refractivity contribution is 6.12. The molecule has 0 aromatic heterocycles. The first-order valence-corrected chi connectivity index (χ1v) is 3.20. The molecule has 0 radical (unpaired) electrons. The van der Waals surface area contributed by atoms with Gasteiger partial charge < -0.3 is 28.0 Å². The van der Waals surface area contributed by atoms with E-state index in [4.69, 9.17) is 38.9 Å². The van der Waals surface area contributed by atoms with E-state index >= 15 is 0 Å². The van der Waals surface area contributed by atoms with Crippen molar-refractivity contribution in [1.29, 1.82) is 10.8 Å². The van der Waals surface area contributed by atoms with Gasteiger partial charge in [0.2, 0.25) is 0 Å².